The monoisotopic (exact) mass is 294 g/mol. The van der Waals surface area contributed by atoms with Gasteiger partial charge in [0.1, 0.15) is 5.75 Å². The molecule has 1 saturated heterocycles. The fraction of sp³-hybridized carbons (Fsp3) is 0.533. The van der Waals surface area contributed by atoms with E-state index in [1.54, 1.807) is 7.11 Å². The van der Waals surface area contributed by atoms with Crippen molar-refractivity contribution in [1.29, 1.82) is 0 Å². The molecule has 6 nitrogen and oxygen atoms in total. The predicted molar refractivity (Wildman–Crippen MR) is 79.9 cm³/mol. The molecule has 1 aromatic carbocycles. The minimum atomic E-state index is -1.69. The van der Waals surface area contributed by atoms with Crippen molar-refractivity contribution in [2.24, 2.45) is 0 Å². The van der Waals surface area contributed by atoms with Crippen molar-refractivity contribution in [3.05, 3.63) is 24.3 Å². The quantitative estimate of drug-likeness (QED) is 0.831. The van der Waals surface area contributed by atoms with Crippen molar-refractivity contribution in [1.82, 2.24) is 4.90 Å². The number of nitrogens with zero attached hydrogens (tertiary/aromatic N) is 2. The number of aliphatic carboxylic acids is 1. The summed E-state index contributed by atoms with van der Waals surface area (Å²) < 4.78 is 5.14. The summed E-state index contributed by atoms with van der Waals surface area (Å²) in [6.45, 7) is 4.57. The molecule has 1 heterocycles. The van der Waals surface area contributed by atoms with Gasteiger partial charge in [0.2, 0.25) is 0 Å². The number of ether oxygens (including phenoxy) is 1. The van der Waals surface area contributed by atoms with Crippen LogP contribution in [0.4, 0.5) is 5.69 Å². The Morgan fingerprint density at radius 3 is 2.29 bits per heavy atom. The van der Waals surface area contributed by atoms with Gasteiger partial charge in [-0.15, -0.1) is 0 Å². The number of aliphatic hydroxyl groups is 1. The van der Waals surface area contributed by atoms with Crippen LogP contribution >= 0.6 is 0 Å². The molecule has 1 aliphatic heterocycles. The molecule has 0 aliphatic carbocycles. The topological polar surface area (TPSA) is 73.2 Å². The zero-order chi connectivity index (χ0) is 15.5. The van der Waals surface area contributed by atoms with Crippen LogP contribution in [-0.4, -0.2) is 66.5 Å². The summed E-state index contributed by atoms with van der Waals surface area (Å²) in [6.07, 6.45) is 0. The average molecular weight is 294 g/mol. The molecule has 1 atom stereocenters. The Hall–Kier alpha value is -1.79. The minimum Gasteiger partial charge on any atom is -0.497 e. The number of piperazine rings is 1. The molecule has 0 spiro atoms. The molecule has 0 bridgehead atoms. The summed E-state index contributed by atoms with van der Waals surface area (Å²) in [4.78, 5) is 15.2. The van der Waals surface area contributed by atoms with Crippen molar-refractivity contribution in [3.63, 3.8) is 0 Å². The molecule has 0 radical (unpaired) electrons. The Bertz CT molecular complexity index is 479. The summed E-state index contributed by atoms with van der Waals surface area (Å²) in [5, 5.41) is 18.8. The van der Waals surface area contributed by atoms with Crippen LogP contribution in [0.25, 0.3) is 0 Å². The van der Waals surface area contributed by atoms with E-state index >= 15 is 0 Å². The summed E-state index contributed by atoms with van der Waals surface area (Å²) >= 11 is 0. The lowest BCUT2D eigenvalue weighted by atomic mass is 10.1. The van der Waals surface area contributed by atoms with Crippen molar-refractivity contribution >= 4 is 11.7 Å². The normalized spacial score (nSPS) is 19.1. The molecular formula is C15H22N2O4. The van der Waals surface area contributed by atoms with Gasteiger partial charge >= 0.3 is 5.97 Å². The molecule has 1 fully saturated rings. The van der Waals surface area contributed by atoms with E-state index in [0.29, 0.717) is 0 Å². The molecule has 1 aliphatic rings. The number of carbonyl (C=O) groups is 1. The molecule has 6 heteroatoms. The summed E-state index contributed by atoms with van der Waals surface area (Å²) in [7, 11) is 1.64. The van der Waals surface area contributed by atoms with Crippen LogP contribution in [0.2, 0.25) is 0 Å². The number of hydrogen-bond donors (Lipinski definition) is 2. The van der Waals surface area contributed by atoms with Crippen molar-refractivity contribution in [2.45, 2.75) is 12.5 Å². The van der Waals surface area contributed by atoms with Crippen LogP contribution < -0.4 is 9.64 Å². The number of benzene rings is 1. The number of anilines is 1. The van der Waals surface area contributed by atoms with E-state index in [1.807, 2.05) is 29.2 Å². The maximum absolute atomic E-state index is 10.9. The van der Waals surface area contributed by atoms with Gasteiger partial charge in [0.05, 0.1) is 7.11 Å². The smallest absolute Gasteiger partial charge is 0.336 e. The number of carboxylic acids is 1. The Kier molecular flexibility index (Phi) is 4.69. The molecule has 1 aromatic rings. The zero-order valence-corrected chi connectivity index (χ0v) is 12.5. The van der Waals surface area contributed by atoms with Crippen LogP contribution in [0.5, 0.6) is 5.75 Å². The van der Waals surface area contributed by atoms with Gasteiger partial charge in [-0.3, -0.25) is 4.90 Å². The minimum absolute atomic E-state index is 0.152. The van der Waals surface area contributed by atoms with Crippen LogP contribution in [0.1, 0.15) is 6.92 Å². The molecule has 2 N–H and O–H groups in total. The van der Waals surface area contributed by atoms with E-state index in [-0.39, 0.29) is 6.54 Å². The Morgan fingerprint density at radius 1 is 1.24 bits per heavy atom. The zero-order valence-electron chi connectivity index (χ0n) is 12.5. The Morgan fingerprint density at radius 2 is 1.81 bits per heavy atom. The molecule has 2 rings (SSSR count). The van der Waals surface area contributed by atoms with Crippen LogP contribution in [-0.2, 0) is 4.79 Å². The largest absolute Gasteiger partial charge is 0.497 e. The van der Waals surface area contributed by atoms with Gasteiger partial charge in [-0.2, -0.15) is 0 Å². The molecule has 0 saturated carbocycles. The first kappa shape index (κ1) is 15.6. The van der Waals surface area contributed by atoms with Crippen LogP contribution in [0.15, 0.2) is 24.3 Å². The van der Waals surface area contributed by atoms with Gasteiger partial charge in [0.25, 0.3) is 0 Å². The van der Waals surface area contributed by atoms with E-state index in [0.717, 1.165) is 37.6 Å². The van der Waals surface area contributed by atoms with Crippen molar-refractivity contribution < 1.29 is 19.7 Å². The van der Waals surface area contributed by atoms with Crippen molar-refractivity contribution in [2.75, 3.05) is 44.7 Å². The molecule has 21 heavy (non-hydrogen) atoms. The van der Waals surface area contributed by atoms with Gasteiger partial charge in [0, 0.05) is 38.4 Å². The van der Waals surface area contributed by atoms with E-state index in [9.17, 15) is 9.90 Å². The maximum Gasteiger partial charge on any atom is 0.336 e. The number of carboxylic acid groups (broad SMARTS) is 1. The highest BCUT2D eigenvalue weighted by molar-refractivity contribution is 5.76. The number of rotatable bonds is 5. The van der Waals surface area contributed by atoms with E-state index in [4.69, 9.17) is 9.84 Å². The third-order valence-corrected chi connectivity index (χ3v) is 3.80. The van der Waals surface area contributed by atoms with Gasteiger partial charge < -0.3 is 19.8 Å². The molecule has 0 aromatic heterocycles. The second-order valence-electron chi connectivity index (χ2n) is 5.54. The molecule has 1 unspecified atom stereocenters. The predicted octanol–water partition coefficient (Wildman–Crippen LogP) is 0.653. The number of β-amino-alcohol motifs (C(OH)–C–C–N with tert-alkyl or cyclic N) is 1. The first-order chi connectivity index (χ1) is 9.92. The maximum atomic E-state index is 10.9. The summed E-state index contributed by atoms with van der Waals surface area (Å²) in [5.74, 6) is -0.352. The Balaban J connectivity index is 1.89. The average Bonchev–Trinajstić information content (AvgIpc) is 2.48. The van der Waals surface area contributed by atoms with Crippen LogP contribution in [0.3, 0.4) is 0 Å². The van der Waals surface area contributed by atoms with Gasteiger partial charge in [-0.25, -0.2) is 4.79 Å². The fourth-order valence-corrected chi connectivity index (χ4v) is 2.46. The van der Waals surface area contributed by atoms with Crippen LogP contribution in [0, 0.1) is 0 Å². The summed E-state index contributed by atoms with van der Waals surface area (Å²) in [5.41, 5.74) is -0.567. The first-order valence-electron chi connectivity index (χ1n) is 6.99. The Labute approximate surface area is 124 Å². The second kappa shape index (κ2) is 6.32. The third-order valence-electron chi connectivity index (χ3n) is 3.80. The first-order valence-corrected chi connectivity index (χ1v) is 6.99. The fourth-order valence-electron chi connectivity index (χ4n) is 2.46. The molecule has 116 valence electrons. The van der Waals surface area contributed by atoms with Gasteiger partial charge in [-0.1, -0.05) is 0 Å². The lowest BCUT2D eigenvalue weighted by molar-refractivity contribution is -0.158. The highest BCUT2D eigenvalue weighted by Crippen LogP contribution is 2.21. The summed E-state index contributed by atoms with van der Waals surface area (Å²) in [6, 6.07) is 7.89. The standard InChI is InChI=1S/C15H22N2O4/c1-15(20,14(18)19)11-16-7-9-17(10-8-16)12-3-5-13(21-2)6-4-12/h3-6,20H,7-11H2,1-2H3,(H,18,19). The second-order valence-corrected chi connectivity index (χ2v) is 5.54. The van der Waals surface area contributed by atoms with Gasteiger partial charge in [-0.05, 0) is 31.2 Å². The lowest BCUT2D eigenvalue weighted by Crippen LogP contribution is -2.53. The third kappa shape index (κ3) is 3.86. The molecule has 0 amide bonds. The number of hydrogen-bond acceptors (Lipinski definition) is 5. The van der Waals surface area contributed by atoms with Gasteiger partial charge in [0.15, 0.2) is 5.60 Å². The van der Waals surface area contributed by atoms with Crippen molar-refractivity contribution in [3.8, 4) is 5.75 Å². The highest BCUT2D eigenvalue weighted by atomic mass is 16.5. The van der Waals surface area contributed by atoms with E-state index in [2.05, 4.69) is 4.90 Å². The lowest BCUT2D eigenvalue weighted by Gasteiger charge is -2.38. The van der Waals surface area contributed by atoms with E-state index < -0.39 is 11.6 Å². The SMILES string of the molecule is COc1ccc(N2CCN(CC(C)(O)C(=O)O)CC2)cc1. The highest BCUT2D eigenvalue weighted by Gasteiger charge is 2.33. The van der Waals surface area contributed by atoms with E-state index in [1.165, 1.54) is 6.92 Å². The number of methoxy groups -OCH3 is 1. The molecular weight excluding hydrogens is 272 g/mol.